The van der Waals surface area contributed by atoms with E-state index < -0.39 is 0 Å². The van der Waals surface area contributed by atoms with Crippen molar-refractivity contribution in [1.29, 1.82) is 0 Å². The Labute approximate surface area is 104 Å². The SMILES string of the molecule is CC1C(=O)N(c2n[nH]c3ccccc23)C(=O)C1C. The van der Waals surface area contributed by atoms with Crippen LogP contribution in [-0.2, 0) is 9.59 Å². The zero-order valence-electron chi connectivity index (χ0n) is 10.2. The van der Waals surface area contributed by atoms with Gasteiger partial charge in [0.2, 0.25) is 11.8 Å². The van der Waals surface area contributed by atoms with E-state index in [9.17, 15) is 9.59 Å². The van der Waals surface area contributed by atoms with Gasteiger partial charge in [-0.15, -0.1) is 0 Å². The Hall–Kier alpha value is -2.17. The number of para-hydroxylation sites is 1. The van der Waals surface area contributed by atoms with Crippen molar-refractivity contribution in [1.82, 2.24) is 10.2 Å². The molecule has 18 heavy (non-hydrogen) atoms. The maximum atomic E-state index is 12.1. The van der Waals surface area contributed by atoms with Gasteiger partial charge in [0.05, 0.1) is 5.52 Å². The van der Waals surface area contributed by atoms with E-state index in [0.29, 0.717) is 5.82 Å². The van der Waals surface area contributed by atoms with Crippen molar-refractivity contribution in [3.05, 3.63) is 24.3 Å². The van der Waals surface area contributed by atoms with Crippen molar-refractivity contribution < 1.29 is 9.59 Å². The number of amides is 2. The maximum absolute atomic E-state index is 12.1. The minimum Gasteiger partial charge on any atom is -0.276 e. The number of hydrogen-bond donors (Lipinski definition) is 1. The first-order valence-corrected chi connectivity index (χ1v) is 5.92. The Bertz CT molecular complexity index is 626. The Balaban J connectivity index is 2.16. The highest BCUT2D eigenvalue weighted by atomic mass is 16.2. The van der Waals surface area contributed by atoms with Gasteiger partial charge in [-0.05, 0) is 12.1 Å². The lowest BCUT2D eigenvalue weighted by atomic mass is 10.00. The third-order valence-electron chi connectivity index (χ3n) is 3.63. The largest absolute Gasteiger partial charge is 0.276 e. The number of benzene rings is 1. The molecule has 0 saturated carbocycles. The summed E-state index contributed by atoms with van der Waals surface area (Å²) >= 11 is 0. The summed E-state index contributed by atoms with van der Waals surface area (Å²) in [5.41, 5.74) is 0.820. The first-order chi connectivity index (χ1) is 8.61. The van der Waals surface area contributed by atoms with E-state index in [1.807, 2.05) is 24.3 Å². The van der Waals surface area contributed by atoms with Crippen molar-refractivity contribution >= 4 is 28.5 Å². The van der Waals surface area contributed by atoms with E-state index in [1.165, 1.54) is 4.90 Å². The number of rotatable bonds is 1. The molecule has 2 unspecified atom stereocenters. The standard InChI is InChI=1S/C13H13N3O2/c1-7-8(2)13(18)16(12(7)17)11-9-5-3-4-6-10(9)14-15-11/h3-8H,1-2H3,(H,14,15). The van der Waals surface area contributed by atoms with Crippen LogP contribution in [-0.4, -0.2) is 22.0 Å². The molecule has 1 aliphatic heterocycles. The predicted molar refractivity (Wildman–Crippen MR) is 66.9 cm³/mol. The molecule has 0 radical (unpaired) electrons. The second-order valence-corrected chi connectivity index (χ2v) is 4.68. The first kappa shape index (κ1) is 11.0. The van der Waals surface area contributed by atoms with Gasteiger partial charge in [-0.1, -0.05) is 26.0 Å². The van der Waals surface area contributed by atoms with Crippen molar-refractivity contribution in [2.45, 2.75) is 13.8 Å². The summed E-state index contributed by atoms with van der Waals surface area (Å²) in [7, 11) is 0. The first-order valence-electron chi connectivity index (χ1n) is 5.92. The number of nitrogens with one attached hydrogen (secondary N) is 1. The van der Waals surface area contributed by atoms with E-state index in [-0.39, 0.29) is 23.7 Å². The molecule has 1 aromatic carbocycles. The Morgan fingerprint density at radius 2 is 1.72 bits per heavy atom. The van der Waals surface area contributed by atoms with Gasteiger partial charge in [-0.25, -0.2) is 4.90 Å². The average Bonchev–Trinajstić information content (AvgIpc) is 2.87. The molecule has 3 rings (SSSR count). The Morgan fingerprint density at radius 1 is 1.11 bits per heavy atom. The number of carbonyl (C=O) groups is 2. The summed E-state index contributed by atoms with van der Waals surface area (Å²) in [6.45, 7) is 3.56. The van der Waals surface area contributed by atoms with Crippen LogP contribution in [0.1, 0.15) is 13.8 Å². The van der Waals surface area contributed by atoms with Gasteiger partial charge < -0.3 is 0 Å². The second kappa shape index (κ2) is 3.66. The van der Waals surface area contributed by atoms with Crippen LogP contribution in [0.5, 0.6) is 0 Å². The normalized spacial score (nSPS) is 24.2. The lowest BCUT2D eigenvalue weighted by Gasteiger charge is -2.11. The molecule has 2 heterocycles. The van der Waals surface area contributed by atoms with E-state index in [4.69, 9.17) is 0 Å². The topological polar surface area (TPSA) is 66.1 Å². The molecule has 5 heteroatoms. The van der Waals surface area contributed by atoms with Crippen LogP contribution in [0.25, 0.3) is 10.9 Å². The molecule has 2 amide bonds. The summed E-state index contributed by atoms with van der Waals surface area (Å²) in [5, 5.41) is 7.74. The van der Waals surface area contributed by atoms with E-state index in [0.717, 1.165) is 10.9 Å². The molecule has 1 N–H and O–H groups in total. The fourth-order valence-corrected chi connectivity index (χ4v) is 2.27. The Morgan fingerprint density at radius 3 is 2.39 bits per heavy atom. The molecule has 0 aliphatic carbocycles. The lowest BCUT2D eigenvalue weighted by Crippen LogP contribution is -2.31. The van der Waals surface area contributed by atoms with Gasteiger partial charge in [0.1, 0.15) is 0 Å². The fourth-order valence-electron chi connectivity index (χ4n) is 2.27. The fraction of sp³-hybridized carbons (Fsp3) is 0.308. The van der Waals surface area contributed by atoms with Crippen molar-refractivity contribution in [3.63, 3.8) is 0 Å². The molecule has 5 nitrogen and oxygen atoms in total. The highest BCUT2D eigenvalue weighted by molar-refractivity contribution is 6.23. The second-order valence-electron chi connectivity index (χ2n) is 4.68. The van der Waals surface area contributed by atoms with Crippen molar-refractivity contribution in [3.8, 4) is 0 Å². The number of H-pyrrole nitrogens is 1. The summed E-state index contributed by atoms with van der Waals surface area (Å²) in [4.78, 5) is 25.4. The summed E-state index contributed by atoms with van der Waals surface area (Å²) in [5.74, 6) is -0.507. The average molecular weight is 243 g/mol. The van der Waals surface area contributed by atoms with Gasteiger partial charge in [-0.3, -0.25) is 14.7 Å². The van der Waals surface area contributed by atoms with E-state index in [1.54, 1.807) is 13.8 Å². The molecular weight excluding hydrogens is 230 g/mol. The van der Waals surface area contributed by atoms with Crippen LogP contribution in [0, 0.1) is 11.8 Å². The molecule has 0 bridgehead atoms. The number of aromatic amines is 1. The summed E-state index contributed by atoms with van der Waals surface area (Å²) in [6, 6.07) is 7.45. The summed E-state index contributed by atoms with van der Waals surface area (Å²) in [6.07, 6.45) is 0. The number of aromatic nitrogens is 2. The van der Waals surface area contributed by atoms with Gasteiger partial charge in [0.15, 0.2) is 5.82 Å². The monoisotopic (exact) mass is 243 g/mol. The number of anilines is 1. The van der Waals surface area contributed by atoms with Crippen molar-refractivity contribution in [2.24, 2.45) is 11.8 Å². The highest BCUT2D eigenvalue weighted by Gasteiger charge is 2.44. The van der Waals surface area contributed by atoms with Crippen LogP contribution in [0.4, 0.5) is 5.82 Å². The molecule has 1 saturated heterocycles. The molecule has 0 spiro atoms. The smallest absolute Gasteiger partial charge is 0.238 e. The quantitative estimate of drug-likeness (QED) is 0.775. The number of imide groups is 1. The van der Waals surface area contributed by atoms with Crippen molar-refractivity contribution in [2.75, 3.05) is 4.90 Å². The van der Waals surface area contributed by atoms with Gasteiger partial charge >= 0.3 is 0 Å². The third kappa shape index (κ3) is 1.30. The lowest BCUT2D eigenvalue weighted by molar-refractivity contribution is -0.122. The minimum atomic E-state index is -0.284. The molecule has 2 atom stereocenters. The zero-order valence-corrected chi connectivity index (χ0v) is 10.2. The van der Waals surface area contributed by atoms with E-state index in [2.05, 4.69) is 10.2 Å². The number of carbonyl (C=O) groups excluding carboxylic acids is 2. The van der Waals surface area contributed by atoms with Crippen LogP contribution in [0.15, 0.2) is 24.3 Å². The van der Waals surface area contributed by atoms with Gasteiger partial charge in [0, 0.05) is 17.2 Å². The van der Waals surface area contributed by atoms with Gasteiger partial charge in [-0.2, -0.15) is 5.10 Å². The van der Waals surface area contributed by atoms with E-state index >= 15 is 0 Å². The summed E-state index contributed by atoms with van der Waals surface area (Å²) < 4.78 is 0. The van der Waals surface area contributed by atoms with Crippen LogP contribution in [0.2, 0.25) is 0 Å². The molecular formula is C13H13N3O2. The molecule has 1 aromatic heterocycles. The third-order valence-corrected chi connectivity index (χ3v) is 3.63. The number of fused-ring (bicyclic) bond motifs is 1. The van der Waals surface area contributed by atoms with Crippen LogP contribution >= 0.6 is 0 Å². The molecule has 1 aliphatic rings. The molecule has 1 fully saturated rings. The molecule has 2 aromatic rings. The maximum Gasteiger partial charge on any atom is 0.238 e. The molecule has 92 valence electrons. The number of nitrogens with zero attached hydrogens (tertiary/aromatic N) is 2. The number of hydrogen-bond acceptors (Lipinski definition) is 3. The minimum absolute atomic E-state index is 0.176. The van der Waals surface area contributed by atoms with Crippen LogP contribution in [0.3, 0.4) is 0 Å². The predicted octanol–water partition coefficient (Wildman–Crippen LogP) is 1.71. The highest BCUT2D eigenvalue weighted by Crippen LogP contribution is 2.33. The Kier molecular flexibility index (Phi) is 2.23. The van der Waals surface area contributed by atoms with Crippen LogP contribution < -0.4 is 4.90 Å². The van der Waals surface area contributed by atoms with Gasteiger partial charge in [0.25, 0.3) is 0 Å². The zero-order chi connectivity index (χ0) is 12.9.